The Morgan fingerprint density at radius 3 is 2.37 bits per heavy atom. The number of nitrogens with zero attached hydrogens (tertiary/aromatic N) is 1. The van der Waals surface area contributed by atoms with Gasteiger partial charge in [0.05, 0.1) is 16.6 Å². The van der Waals surface area contributed by atoms with Crippen LogP contribution in [-0.2, 0) is 6.61 Å². The second-order valence-corrected chi connectivity index (χ2v) is 7.42. The third kappa shape index (κ3) is 5.49. The molecule has 8 heteroatoms. The van der Waals surface area contributed by atoms with E-state index < -0.39 is 11.9 Å². The molecule has 0 radical (unpaired) electrons. The number of pyridine rings is 1. The van der Waals surface area contributed by atoms with E-state index in [-0.39, 0.29) is 29.7 Å². The van der Waals surface area contributed by atoms with Crippen LogP contribution in [0.5, 0.6) is 5.88 Å². The maximum Gasteiger partial charge on any atom is 0.335 e. The van der Waals surface area contributed by atoms with E-state index >= 15 is 0 Å². The van der Waals surface area contributed by atoms with E-state index in [1.54, 1.807) is 31.2 Å². The molecule has 1 heterocycles. The van der Waals surface area contributed by atoms with Crippen LogP contribution in [0.25, 0.3) is 0 Å². The molecular weight excluding hydrogens is 427 g/mol. The van der Waals surface area contributed by atoms with Crippen molar-refractivity contribution >= 4 is 35.1 Å². The van der Waals surface area contributed by atoms with Gasteiger partial charge in [0.15, 0.2) is 0 Å². The SMILES string of the molecule is CC(NC(=O)c1cc(Cl)cnc1OCc1ccc(Cl)cc1)c1ccc(C(=O)O)cc1. The lowest BCUT2D eigenvalue weighted by Gasteiger charge is -2.16. The summed E-state index contributed by atoms with van der Waals surface area (Å²) in [6, 6.07) is 14.5. The number of rotatable bonds is 7. The highest BCUT2D eigenvalue weighted by Crippen LogP contribution is 2.23. The summed E-state index contributed by atoms with van der Waals surface area (Å²) in [5.41, 5.74) is 2.00. The second-order valence-electron chi connectivity index (χ2n) is 6.54. The van der Waals surface area contributed by atoms with E-state index in [4.69, 9.17) is 33.0 Å². The Hall–Kier alpha value is -3.09. The van der Waals surface area contributed by atoms with Crippen LogP contribution in [0.3, 0.4) is 0 Å². The maximum atomic E-state index is 12.8. The lowest BCUT2D eigenvalue weighted by Crippen LogP contribution is -2.27. The number of aromatic carboxylic acids is 1. The molecule has 0 aliphatic carbocycles. The predicted molar refractivity (Wildman–Crippen MR) is 114 cm³/mol. The lowest BCUT2D eigenvalue weighted by atomic mass is 10.1. The highest BCUT2D eigenvalue weighted by Gasteiger charge is 2.18. The molecule has 0 fully saturated rings. The lowest BCUT2D eigenvalue weighted by molar-refractivity contribution is 0.0696. The third-order valence-electron chi connectivity index (χ3n) is 4.36. The number of aromatic nitrogens is 1. The van der Waals surface area contributed by atoms with Crippen molar-refractivity contribution in [3.63, 3.8) is 0 Å². The molecule has 0 aliphatic heterocycles. The van der Waals surface area contributed by atoms with Gasteiger partial charge in [0.2, 0.25) is 5.88 Å². The molecule has 0 saturated carbocycles. The molecule has 3 aromatic rings. The Morgan fingerprint density at radius 1 is 1.07 bits per heavy atom. The Bertz CT molecular complexity index is 1050. The molecule has 1 amide bonds. The van der Waals surface area contributed by atoms with Crippen LogP contribution in [0, 0.1) is 0 Å². The summed E-state index contributed by atoms with van der Waals surface area (Å²) < 4.78 is 5.73. The van der Waals surface area contributed by atoms with Crippen molar-refractivity contribution in [2.45, 2.75) is 19.6 Å². The zero-order valence-electron chi connectivity index (χ0n) is 15.9. The minimum Gasteiger partial charge on any atom is -0.478 e. The fraction of sp³-hybridized carbons (Fsp3) is 0.136. The molecule has 1 aromatic heterocycles. The molecule has 2 aromatic carbocycles. The van der Waals surface area contributed by atoms with Gasteiger partial charge in [0, 0.05) is 11.2 Å². The fourth-order valence-corrected chi connectivity index (χ4v) is 2.99. The van der Waals surface area contributed by atoms with Gasteiger partial charge in [-0.15, -0.1) is 0 Å². The van der Waals surface area contributed by atoms with Crippen LogP contribution in [0.15, 0.2) is 60.8 Å². The maximum absolute atomic E-state index is 12.8. The number of ether oxygens (including phenoxy) is 1. The van der Waals surface area contributed by atoms with Crippen LogP contribution in [0.4, 0.5) is 0 Å². The van der Waals surface area contributed by atoms with Crippen molar-refractivity contribution in [1.29, 1.82) is 0 Å². The quantitative estimate of drug-likeness (QED) is 0.525. The number of nitrogens with one attached hydrogen (secondary N) is 1. The Morgan fingerprint density at radius 2 is 1.73 bits per heavy atom. The first-order valence-corrected chi connectivity index (χ1v) is 9.76. The average Bonchev–Trinajstić information content (AvgIpc) is 2.74. The summed E-state index contributed by atoms with van der Waals surface area (Å²) in [5.74, 6) is -1.27. The summed E-state index contributed by atoms with van der Waals surface area (Å²) in [7, 11) is 0. The number of carbonyl (C=O) groups is 2. The number of carboxylic acids is 1. The number of halogens is 2. The number of carboxylic acid groups (broad SMARTS) is 1. The topological polar surface area (TPSA) is 88.5 Å². The van der Waals surface area contributed by atoms with Crippen molar-refractivity contribution in [1.82, 2.24) is 10.3 Å². The number of hydrogen-bond acceptors (Lipinski definition) is 4. The van der Waals surface area contributed by atoms with Gasteiger partial charge in [-0.3, -0.25) is 4.79 Å². The second kappa shape index (κ2) is 9.61. The van der Waals surface area contributed by atoms with E-state index in [0.29, 0.717) is 10.0 Å². The first kappa shape index (κ1) is 21.6. The molecule has 154 valence electrons. The number of amides is 1. The summed E-state index contributed by atoms with van der Waals surface area (Å²) in [4.78, 5) is 28.0. The third-order valence-corrected chi connectivity index (χ3v) is 4.82. The van der Waals surface area contributed by atoms with E-state index in [1.807, 2.05) is 12.1 Å². The van der Waals surface area contributed by atoms with E-state index in [0.717, 1.165) is 11.1 Å². The van der Waals surface area contributed by atoms with Gasteiger partial charge in [0.1, 0.15) is 12.2 Å². The van der Waals surface area contributed by atoms with E-state index in [9.17, 15) is 9.59 Å². The first-order valence-electron chi connectivity index (χ1n) is 9.00. The van der Waals surface area contributed by atoms with Gasteiger partial charge in [-0.05, 0) is 48.4 Å². The highest BCUT2D eigenvalue weighted by molar-refractivity contribution is 6.31. The van der Waals surface area contributed by atoms with Gasteiger partial charge < -0.3 is 15.2 Å². The van der Waals surface area contributed by atoms with Gasteiger partial charge >= 0.3 is 5.97 Å². The normalized spacial score (nSPS) is 11.6. The van der Waals surface area contributed by atoms with Gasteiger partial charge in [-0.1, -0.05) is 47.5 Å². The van der Waals surface area contributed by atoms with Crippen molar-refractivity contribution in [3.05, 3.63) is 93.1 Å². The van der Waals surface area contributed by atoms with Crippen LogP contribution in [-0.4, -0.2) is 22.0 Å². The standard InChI is InChI=1S/C22H18Cl2N2O4/c1-13(15-4-6-16(7-5-15)22(28)29)26-20(27)19-10-18(24)11-25-21(19)30-12-14-2-8-17(23)9-3-14/h2-11,13H,12H2,1H3,(H,26,27)(H,28,29). The zero-order chi connectivity index (χ0) is 21.7. The average molecular weight is 445 g/mol. The predicted octanol–water partition coefficient (Wildman–Crippen LogP) is 5.16. The zero-order valence-corrected chi connectivity index (χ0v) is 17.4. The molecule has 6 nitrogen and oxygen atoms in total. The number of hydrogen-bond donors (Lipinski definition) is 2. The molecule has 0 bridgehead atoms. The van der Waals surface area contributed by atoms with Crippen molar-refractivity contribution in [3.8, 4) is 5.88 Å². The molecule has 0 aliphatic rings. The summed E-state index contributed by atoms with van der Waals surface area (Å²) in [5, 5.41) is 12.8. The largest absolute Gasteiger partial charge is 0.478 e. The van der Waals surface area contributed by atoms with Crippen molar-refractivity contribution in [2.24, 2.45) is 0 Å². The monoisotopic (exact) mass is 444 g/mol. The minimum atomic E-state index is -1.01. The van der Waals surface area contributed by atoms with Crippen LogP contribution < -0.4 is 10.1 Å². The summed E-state index contributed by atoms with van der Waals surface area (Å²) in [6.07, 6.45) is 1.41. The molecular formula is C22H18Cl2N2O4. The highest BCUT2D eigenvalue weighted by atomic mass is 35.5. The fourth-order valence-electron chi connectivity index (χ4n) is 2.71. The molecule has 30 heavy (non-hydrogen) atoms. The van der Waals surface area contributed by atoms with Crippen LogP contribution in [0.1, 0.15) is 44.8 Å². The van der Waals surface area contributed by atoms with Gasteiger partial charge in [0.25, 0.3) is 5.91 Å². The van der Waals surface area contributed by atoms with E-state index in [2.05, 4.69) is 10.3 Å². The smallest absolute Gasteiger partial charge is 0.335 e. The Labute approximate surface area is 183 Å². The van der Waals surface area contributed by atoms with Crippen LogP contribution in [0.2, 0.25) is 10.0 Å². The van der Waals surface area contributed by atoms with Crippen molar-refractivity contribution in [2.75, 3.05) is 0 Å². The van der Waals surface area contributed by atoms with Gasteiger partial charge in [-0.25, -0.2) is 9.78 Å². The van der Waals surface area contributed by atoms with Crippen molar-refractivity contribution < 1.29 is 19.4 Å². The molecule has 0 saturated heterocycles. The molecule has 2 N–H and O–H groups in total. The summed E-state index contributed by atoms with van der Waals surface area (Å²) >= 11 is 11.9. The Kier molecular flexibility index (Phi) is 6.92. The molecule has 0 spiro atoms. The Balaban J connectivity index is 1.73. The first-order chi connectivity index (χ1) is 14.3. The molecule has 1 atom stereocenters. The van der Waals surface area contributed by atoms with Gasteiger partial charge in [-0.2, -0.15) is 0 Å². The number of benzene rings is 2. The van der Waals surface area contributed by atoms with E-state index in [1.165, 1.54) is 24.4 Å². The molecule has 3 rings (SSSR count). The summed E-state index contributed by atoms with van der Waals surface area (Å²) in [6.45, 7) is 2.00. The van der Waals surface area contributed by atoms with Crippen LogP contribution >= 0.6 is 23.2 Å². The minimum absolute atomic E-state index is 0.153. The molecule has 1 unspecified atom stereocenters. The number of carbonyl (C=O) groups excluding carboxylic acids is 1.